The summed E-state index contributed by atoms with van der Waals surface area (Å²) in [5.41, 5.74) is 0. The van der Waals surface area contributed by atoms with E-state index >= 15 is 0 Å². The van der Waals surface area contributed by atoms with Crippen LogP contribution < -0.4 is 4.74 Å². The molecule has 2 atom stereocenters. The summed E-state index contributed by atoms with van der Waals surface area (Å²) in [6.07, 6.45) is -0.774. The van der Waals surface area contributed by atoms with Gasteiger partial charge in [0.05, 0.1) is 6.10 Å². The van der Waals surface area contributed by atoms with E-state index in [1.54, 1.807) is 24.3 Å². The van der Waals surface area contributed by atoms with E-state index in [1.165, 1.54) is 0 Å². The summed E-state index contributed by atoms with van der Waals surface area (Å²) in [6.45, 7) is -0.286. The summed E-state index contributed by atoms with van der Waals surface area (Å²) >= 11 is 5.79. The van der Waals surface area contributed by atoms with E-state index in [1.807, 2.05) is 0 Å². The molecule has 7 heteroatoms. The maximum atomic E-state index is 12.0. The molecule has 2 rings (SSSR count). The van der Waals surface area contributed by atoms with Crippen molar-refractivity contribution in [2.24, 2.45) is 0 Å². The molecule has 0 radical (unpaired) electrons. The Hall–Kier alpha value is -1.79. The Morgan fingerprint density at radius 1 is 1.45 bits per heavy atom. The highest BCUT2D eigenvalue weighted by Gasteiger charge is 2.38. The Bertz CT molecular complexity index is 521. The van der Waals surface area contributed by atoms with Crippen LogP contribution in [0.15, 0.2) is 24.3 Å². The summed E-state index contributed by atoms with van der Waals surface area (Å²) in [4.78, 5) is 24.1. The lowest BCUT2D eigenvalue weighted by Crippen LogP contribution is -2.42. The van der Waals surface area contributed by atoms with Gasteiger partial charge in [-0.2, -0.15) is 0 Å². The molecule has 6 nitrogen and oxygen atoms in total. The number of hydrogen-bond acceptors (Lipinski definition) is 4. The van der Waals surface area contributed by atoms with Crippen LogP contribution in [0.2, 0.25) is 5.02 Å². The maximum Gasteiger partial charge on any atom is 0.326 e. The average molecular weight is 300 g/mol. The second-order valence-electron chi connectivity index (χ2n) is 4.54. The van der Waals surface area contributed by atoms with Crippen molar-refractivity contribution >= 4 is 23.5 Å². The van der Waals surface area contributed by atoms with Gasteiger partial charge in [-0.25, -0.2) is 4.79 Å². The first-order valence-corrected chi connectivity index (χ1v) is 6.44. The number of carbonyl (C=O) groups excluding carboxylic acids is 1. The van der Waals surface area contributed by atoms with E-state index in [0.29, 0.717) is 10.8 Å². The smallest absolute Gasteiger partial charge is 0.326 e. The average Bonchev–Trinajstić information content (AvgIpc) is 2.78. The zero-order valence-corrected chi connectivity index (χ0v) is 11.3. The molecule has 1 aliphatic heterocycles. The van der Waals surface area contributed by atoms with Crippen LogP contribution in [0.3, 0.4) is 0 Å². The molecule has 2 N–H and O–H groups in total. The summed E-state index contributed by atoms with van der Waals surface area (Å²) < 4.78 is 5.27. The second-order valence-corrected chi connectivity index (χ2v) is 4.97. The van der Waals surface area contributed by atoms with Crippen molar-refractivity contribution in [2.45, 2.75) is 18.6 Å². The van der Waals surface area contributed by atoms with Gasteiger partial charge < -0.3 is 19.8 Å². The fourth-order valence-corrected chi connectivity index (χ4v) is 2.29. The molecule has 1 heterocycles. The van der Waals surface area contributed by atoms with Crippen molar-refractivity contribution in [3.63, 3.8) is 0 Å². The van der Waals surface area contributed by atoms with Gasteiger partial charge in [0.15, 0.2) is 6.61 Å². The topological polar surface area (TPSA) is 87.1 Å². The fourth-order valence-electron chi connectivity index (χ4n) is 2.11. The number of benzene rings is 1. The molecule has 0 aliphatic carbocycles. The van der Waals surface area contributed by atoms with Crippen molar-refractivity contribution in [3.8, 4) is 5.75 Å². The normalized spacial score (nSPS) is 21.8. The molecule has 2 unspecified atom stereocenters. The molecule has 1 amide bonds. The van der Waals surface area contributed by atoms with Gasteiger partial charge in [-0.3, -0.25) is 4.79 Å². The van der Waals surface area contributed by atoms with Crippen LogP contribution in [0, 0.1) is 0 Å². The number of β-amino-alcohol motifs (C(OH)–C–C–N with tert-alkyl or cyclic N) is 1. The van der Waals surface area contributed by atoms with Crippen molar-refractivity contribution in [2.75, 3.05) is 13.2 Å². The zero-order chi connectivity index (χ0) is 14.7. The summed E-state index contributed by atoms with van der Waals surface area (Å²) in [6, 6.07) is 5.56. The predicted molar refractivity (Wildman–Crippen MR) is 70.7 cm³/mol. The number of aliphatic hydroxyl groups excluding tert-OH is 1. The highest BCUT2D eigenvalue weighted by atomic mass is 35.5. The number of carboxylic acids is 1. The molecular formula is C13H14ClNO5. The third-order valence-electron chi connectivity index (χ3n) is 3.04. The molecule has 1 aromatic carbocycles. The minimum Gasteiger partial charge on any atom is -0.484 e. The number of carboxylic acid groups (broad SMARTS) is 1. The molecule has 108 valence electrons. The molecule has 0 spiro atoms. The van der Waals surface area contributed by atoms with Crippen LogP contribution in [-0.2, 0) is 9.59 Å². The second kappa shape index (κ2) is 6.11. The van der Waals surface area contributed by atoms with Crippen molar-refractivity contribution < 1.29 is 24.5 Å². The molecule has 1 saturated heterocycles. The Balaban J connectivity index is 1.96. The number of carbonyl (C=O) groups is 2. The standard InChI is InChI=1S/C13H14ClNO5/c14-8-2-1-3-10(4-8)20-7-12(17)15-6-9(16)5-11(15)13(18)19/h1-4,9,11,16H,5-7H2,(H,18,19). The van der Waals surface area contributed by atoms with Crippen LogP contribution in [0.4, 0.5) is 0 Å². The molecule has 0 aromatic heterocycles. The minimum absolute atomic E-state index is 0.00864. The van der Waals surface area contributed by atoms with Crippen molar-refractivity contribution in [1.82, 2.24) is 4.90 Å². The van der Waals surface area contributed by atoms with Gasteiger partial charge in [-0.05, 0) is 18.2 Å². The number of halogens is 1. The van der Waals surface area contributed by atoms with Gasteiger partial charge in [0.2, 0.25) is 0 Å². The molecule has 0 saturated carbocycles. The van der Waals surface area contributed by atoms with Crippen LogP contribution >= 0.6 is 11.6 Å². The SMILES string of the molecule is O=C(O)C1CC(O)CN1C(=O)COc1cccc(Cl)c1. The third-order valence-corrected chi connectivity index (χ3v) is 3.28. The zero-order valence-electron chi connectivity index (χ0n) is 10.5. The number of hydrogen-bond donors (Lipinski definition) is 2. The first kappa shape index (κ1) is 14.6. The van der Waals surface area contributed by atoms with E-state index in [9.17, 15) is 14.7 Å². The molecule has 1 aliphatic rings. The predicted octanol–water partition coefficient (Wildman–Crippen LogP) is 0.765. The van der Waals surface area contributed by atoms with E-state index in [-0.39, 0.29) is 19.6 Å². The Kier molecular flexibility index (Phi) is 4.46. The highest BCUT2D eigenvalue weighted by Crippen LogP contribution is 2.20. The van der Waals surface area contributed by atoms with Gasteiger partial charge >= 0.3 is 5.97 Å². The van der Waals surface area contributed by atoms with Gasteiger partial charge in [-0.15, -0.1) is 0 Å². The molecule has 20 heavy (non-hydrogen) atoms. The first-order valence-electron chi connectivity index (χ1n) is 6.06. The van der Waals surface area contributed by atoms with E-state index in [2.05, 4.69) is 0 Å². The summed E-state index contributed by atoms with van der Waals surface area (Å²) in [5, 5.41) is 19.0. The number of rotatable bonds is 4. The van der Waals surface area contributed by atoms with Gasteiger partial charge in [0.25, 0.3) is 5.91 Å². The number of nitrogens with zero attached hydrogens (tertiary/aromatic N) is 1. The largest absolute Gasteiger partial charge is 0.484 e. The molecular weight excluding hydrogens is 286 g/mol. The lowest BCUT2D eigenvalue weighted by atomic mass is 10.2. The number of aliphatic carboxylic acids is 1. The molecule has 1 fully saturated rings. The van der Waals surface area contributed by atoms with Crippen LogP contribution in [0.25, 0.3) is 0 Å². The van der Waals surface area contributed by atoms with E-state index < -0.39 is 24.0 Å². The Labute approximate surface area is 120 Å². The van der Waals surface area contributed by atoms with Crippen molar-refractivity contribution in [1.29, 1.82) is 0 Å². The number of ether oxygens (including phenoxy) is 1. The Morgan fingerprint density at radius 3 is 2.85 bits per heavy atom. The number of amides is 1. The van der Waals surface area contributed by atoms with Crippen LogP contribution in [-0.4, -0.2) is 52.3 Å². The highest BCUT2D eigenvalue weighted by molar-refractivity contribution is 6.30. The number of likely N-dealkylation sites (tertiary alicyclic amines) is 1. The number of aliphatic hydroxyl groups is 1. The first-order chi connectivity index (χ1) is 9.47. The van der Waals surface area contributed by atoms with Gasteiger partial charge in [-0.1, -0.05) is 17.7 Å². The van der Waals surface area contributed by atoms with Gasteiger partial charge in [0, 0.05) is 18.0 Å². The van der Waals surface area contributed by atoms with Gasteiger partial charge in [0.1, 0.15) is 11.8 Å². The van der Waals surface area contributed by atoms with E-state index in [4.69, 9.17) is 21.4 Å². The lowest BCUT2D eigenvalue weighted by Gasteiger charge is -2.21. The third kappa shape index (κ3) is 3.40. The summed E-state index contributed by atoms with van der Waals surface area (Å²) in [5.74, 6) is -1.18. The Morgan fingerprint density at radius 2 is 2.20 bits per heavy atom. The minimum atomic E-state index is -1.13. The fraction of sp³-hybridized carbons (Fsp3) is 0.385. The molecule has 1 aromatic rings. The van der Waals surface area contributed by atoms with Crippen molar-refractivity contribution in [3.05, 3.63) is 29.3 Å². The lowest BCUT2D eigenvalue weighted by molar-refractivity contribution is -0.148. The molecule has 0 bridgehead atoms. The van der Waals surface area contributed by atoms with E-state index in [0.717, 1.165) is 4.90 Å². The maximum absolute atomic E-state index is 12.0. The van der Waals surface area contributed by atoms with Crippen LogP contribution in [0.1, 0.15) is 6.42 Å². The van der Waals surface area contributed by atoms with Crippen LogP contribution in [0.5, 0.6) is 5.75 Å². The quantitative estimate of drug-likeness (QED) is 0.857. The summed E-state index contributed by atoms with van der Waals surface area (Å²) in [7, 11) is 0. The monoisotopic (exact) mass is 299 g/mol.